The Morgan fingerprint density at radius 2 is 1.90 bits per heavy atom. The maximum absolute atomic E-state index is 12.2. The number of non-ortho nitro benzene ring substituents is 1. The van der Waals surface area contributed by atoms with Crippen molar-refractivity contribution in [3.8, 4) is 5.75 Å². The van der Waals surface area contributed by atoms with Gasteiger partial charge in [-0.25, -0.2) is 8.42 Å². The molecule has 0 aromatic heterocycles. The van der Waals surface area contributed by atoms with Crippen molar-refractivity contribution in [2.75, 3.05) is 4.72 Å². The van der Waals surface area contributed by atoms with Crippen molar-refractivity contribution in [1.82, 2.24) is 0 Å². The number of phenolic OH excluding ortho intramolecular Hbond substituents is 1. The van der Waals surface area contributed by atoms with E-state index in [4.69, 9.17) is 0 Å². The number of nitrogens with one attached hydrogen (secondary N) is 1. The summed E-state index contributed by atoms with van der Waals surface area (Å²) in [4.78, 5) is 9.77. The summed E-state index contributed by atoms with van der Waals surface area (Å²) in [5.74, 6) is -0.390. The van der Waals surface area contributed by atoms with Crippen LogP contribution in [0.1, 0.15) is 5.56 Å². The van der Waals surface area contributed by atoms with Gasteiger partial charge in [0.05, 0.1) is 10.6 Å². The largest absolute Gasteiger partial charge is 0.507 e. The third kappa shape index (κ3) is 3.29. The minimum atomic E-state index is -4.03. The van der Waals surface area contributed by atoms with Gasteiger partial charge in [-0.15, -0.1) is 0 Å². The lowest BCUT2D eigenvalue weighted by molar-refractivity contribution is -0.384. The molecule has 0 radical (unpaired) electrons. The number of rotatable bonds is 4. The van der Waals surface area contributed by atoms with Crippen LogP contribution < -0.4 is 4.72 Å². The molecule has 0 unspecified atom stereocenters. The van der Waals surface area contributed by atoms with Crippen LogP contribution in [0.3, 0.4) is 0 Å². The number of sulfonamides is 1. The number of nitro groups is 1. The first-order chi connectivity index (χ1) is 9.79. The number of hydrogen-bond acceptors (Lipinski definition) is 5. The highest BCUT2D eigenvalue weighted by atomic mass is 32.2. The first-order valence-electron chi connectivity index (χ1n) is 5.86. The van der Waals surface area contributed by atoms with Gasteiger partial charge in [0.15, 0.2) is 0 Å². The zero-order chi connectivity index (χ0) is 15.6. The van der Waals surface area contributed by atoms with Gasteiger partial charge < -0.3 is 5.11 Å². The molecule has 0 aliphatic rings. The zero-order valence-corrected chi connectivity index (χ0v) is 11.8. The van der Waals surface area contributed by atoms with Gasteiger partial charge in [0.25, 0.3) is 15.7 Å². The molecule has 0 amide bonds. The number of phenols is 1. The predicted octanol–water partition coefficient (Wildman–Crippen LogP) is 2.41. The Balaban J connectivity index is 2.40. The van der Waals surface area contributed by atoms with Crippen molar-refractivity contribution < 1.29 is 18.4 Å². The summed E-state index contributed by atoms with van der Waals surface area (Å²) in [5.41, 5.74) is 0.473. The van der Waals surface area contributed by atoms with E-state index in [1.54, 1.807) is 13.0 Å². The lowest BCUT2D eigenvalue weighted by Gasteiger charge is -2.10. The highest BCUT2D eigenvalue weighted by molar-refractivity contribution is 7.92. The van der Waals surface area contributed by atoms with Gasteiger partial charge in [-0.1, -0.05) is 12.1 Å². The number of hydrogen-bond donors (Lipinski definition) is 2. The first-order valence-corrected chi connectivity index (χ1v) is 7.35. The number of anilines is 1. The topological polar surface area (TPSA) is 110 Å². The van der Waals surface area contributed by atoms with E-state index >= 15 is 0 Å². The second-order valence-corrected chi connectivity index (χ2v) is 6.03. The number of nitro benzene ring substituents is 1. The van der Waals surface area contributed by atoms with E-state index in [0.717, 1.165) is 6.07 Å². The van der Waals surface area contributed by atoms with E-state index in [1.165, 1.54) is 30.3 Å². The van der Waals surface area contributed by atoms with Crippen molar-refractivity contribution in [3.05, 3.63) is 58.1 Å². The van der Waals surface area contributed by atoms with E-state index in [9.17, 15) is 23.6 Å². The summed E-state index contributed by atoms with van der Waals surface area (Å²) in [5, 5.41) is 20.3. The quantitative estimate of drug-likeness (QED) is 0.665. The fraction of sp³-hybridized carbons (Fsp3) is 0.0769. The molecule has 110 valence electrons. The van der Waals surface area contributed by atoms with Crippen LogP contribution in [-0.2, 0) is 10.0 Å². The van der Waals surface area contributed by atoms with Crippen molar-refractivity contribution in [3.63, 3.8) is 0 Å². The van der Waals surface area contributed by atoms with Crippen LogP contribution in [0.4, 0.5) is 11.4 Å². The smallest absolute Gasteiger partial charge is 0.271 e. The lowest BCUT2D eigenvalue weighted by Crippen LogP contribution is -2.13. The molecule has 0 fully saturated rings. The summed E-state index contributed by atoms with van der Waals surface area (Å²) < 4.78 is 26.6. The predicted molar refractivity (Wildman–Crippen MR) is 76.7 cm³/mol. The summed E-state index contributed by atoms with van der Waals surface area (Å²) in [6.45, 7) is 1.69. The molecule has 0 bridgehead atoms. The maximum atomic E-state index is 12.2. The van der Waals surface area contributed by atoms with E-state index in [0.29, 0.717) is 5.56 Å². The molecular formula is C13H12N2O5S. The number of benzene rings is 2. The summed E-state index contributed by atoms with van der Waals surface area (Å²) >= 11 is 0. The molecule has 0 atom stereocenters. The van der Waals surface area contributed by atoms with Gasteiger partial charge in [-0.2, -0.15) is 0 Å². The monoisotopic (exact) mass is 308 g/mol. The number of nitrogens with zero attached hydrogens (tertiary/aromatic N) is 1. The molecular weight excluding hydrogens is 296 g/mol. The van der Waals surface area contributed by atoms with Crippen LogP contribution >= 0.6 is 0 Å². The zero-order valence-electron chi connectivity index (χ0n) is 11.0. The molecule has 8 heteroatoms. The molecule has 0 saturated carbocycles. The van der Waals surface area contributed by atoms with E-state index in [-0.39, 0.29) is 16.3 Å². The van der Waals surface area contributed by atoms with Gasteiger partial charge in [0.1, 0.15) is 10.6 Å². The Hall–Kier alpha value is -2.61. The second-order valence-electron chi connectivity index (χ2n) is 4.38. The standard InChI is InChI=1S/C13H12N2O5S/c1-9-5-6-12(16)13(7-9)21(19,20)14-10-3-2-4-11(8-10)15(17)18/h2-8,14,16H,1H3. The second kappa shape index (κ2) is 5.41. The van der Waals surface area contributed by atoms with Crippen LogP contribution in [0.2, 0.25) is 0 Å². The minimum absolute atomic E-state index is 0.0464. The molecule has 7 nitrogen and oxygen atoms in total. The summed E-state index contributed by atoms with van der Waals surface area (Å²) in [7, 11) is -4.03. The van der Waals surface area contributed by atoms with Crippen LogP contribution in [0.15, 0.2) is 47.4 Å². The minimum Gasteiger partial charge on any atom is -0.507 e. The van der Waals surface area contributed by atoms with Gasteiger partial charge in [0, 0.05) is 12.1 Å². The molecule has 2 N–H and O–H groups in total. The molecule has 21 heavy (non-hydrogen) atoms. The number of aryl methyl sites for hydroxylation is 1. The third-order valence-electron chi connectivity index (χ3n) is 2.71. The lowest BCUT2D eigenvalue weighted by atomic mass is 10.2. The van der Waals surface area contributed by atoms with E-state index in [2.05, 4.69) is 4.72 Å². The normalized spacial score (nSPS) is 11.1. The van der Waals surface area contributed by atoms with Gasteiger partial charge in [-0.05, 0) is 30.7 Å². The maximum Gasteiger partial charge on any atom is 0.271 e. The average Bonchev–Trinajstić information content (AvgIpc) is 2.41. The van der Waals surface area contributed by atoms with Crippen LogP contribution in [0.25, 0.3) is 0 Å². The molecule has 2 aromatic carbocycles. The molecule has 0 saturated heterocycles. The fourth-order valence-corrected chi connectivity index (χ4v) is 2.96. The average molecular weight is 308 g/mol. The highest BCUT2D eigenvalue weighted by Gasteiger charge is 2.19. The first kappa shape index (κ1) is 14.8. The Morgan fingerprint density at radius 3 is 2.57 bits per heavy atom. The Bertz CT molecular complexity index is 802. The Labute approximate surface area is 121 Å². The SMILES string of the molecule is Cc1ccc(O)c(S(=O)(=O)Nc2cccc([N+](=O)[O-])c2)c1. The molecule has 0 spiro atoms. The van der Waals surface area contributed by atoms with Crippen molar-refractivity contribution in [2.45, 2.75) is 11.8 Å². The van der Waals surface area contributed by atoms with Crippen LogP contribution in [-0.4, -0.2) is 18.4 Å². The summed E-state index contributed by atoms with van der Waals surface area (Å²) in [6.07, 6.45) is 0. The molecule has 0 aliphatic heterocycles. The van der Waals surface area contributed by atoms with Crippen molar-refractivity contribution in [2.24, 2.45) is 0 Å². The van der Waals surface area contributed by atoms with Gasteiger partial charge >= 0.3 is 0 Å². The molecule has 2 aromatic rings. The van der Waals surface area contributed by atoms with Crippen molar-refractivity contribution in [1.29, 1.82) is 0 Å². The van der Waals surface area contributed by atoms with E-state index in [1.807, 2.05) is 0 Å². The highest BCUT2D eigenvalue weighted by Crippen LogP contribution is 2.26. The Morgan fingerprint density at radius 1 is 1.19 bits per heavy atom. The Kier molecular flexibility index (Phi) is 3.81. The number of aromatic hydroxyl groups is 1. The van der Waals surface area contributed by atoms with Crippen molar-refractivity contribution >= 4 is 21.4 Å². The van der Waals surface area contributed by atoms with Crippen LogP contribution in [0, 0.1) is 17.0 Å². The summed E-state index contributed by atoms with van der Waals surface area (Å²) in [6, 6.07) is 9.27. The molecule has 0 heterocycles. The third-order valence-corrected chi connectivity index (χ3v) is 4.12. The van der Waals surface area contributed by atoms with Crippen LogP contribution in [0.5, 0.6) is 5.75 Å². The molecule has 0 aliphatic carbocycles. The molecule has 2 rings (SSSR count). The fourth-order valence-electron chi connectivity index (χ4n) is 1.73. The van der Waals surface area contributed by atoms with Gasteiger partial charge in [-0.3, -0.25) is 14.8 Å². The van der Waals surface area contributed by atoms with Gasteiger partial charge in [0.2, 0.25) is 0 Å². The van der Waals surface area contributed by atoms with E-state index < -0.39 is 20.7 Å².